The number of thioether (sulfide) groups is 1. The third-order valence-electron chi connectivity index (χ3n) is 3.11. The van der Waals surface area contributed by atoms with Gasteiger partial charge in [-0.1, -0.05) is 25.4 Å². The van der Waals surface area contributed by atoms with Crippen molar-refractivity contribution in [2.24, 2.45) is 5.41 Å². The van der Waals surface area contributed by atoms with E-state index in [4.69, 9.17) is 16.3 Å². The first kappa shape index (κ1) is 15.0. The van der Waals surface area contributed by atoms with Crippen molar-refractivity contribution in [2.75, 3.05) is 31.7 Å². The fourth-order valence-corrected chi connectivity index (χ4v) is 3.00. The van der Waals surface area contributed by atoms with Crippen molar-refractivity contribution in [1.82, 2.24) is 0 Å². The molecule has 0 amide bonds. The number of ether oxygens (including phenoxy) is 1. The van der Waals surface area contributed by atoms with Gasteiger partial charge in [0.1, 0.15) is 0 Å². The smallest absolute Gasteiger partial charge is 0.0584 e. The number of halogens is 1. The zero-order chi connectivity index (χ0) is 13.9. The molecule has 0 saturated carbocycles. The maximum Gasteiger partial charge on any atom is 0.0584 e. The number of rotatable bonds is 6. The zero-order valence-electron chi connectivity index (χ0n) is 11.3. The Kier molecular flexibility index (Phi) is 5.01. The number of anilines is 1. The van der Waals surface area contributed by atoms with Gasteiger partial charge in [-0.3, -0.25) is 0 Å². The molecule has 2 N–H and O–H groups in total. The summed E-state index contributed by atoms with van der Waals surface area (Å²) in [7, 11) is 0. The highest BCUT2D eigenvalue weighted by molar-refractivity contribution is 8.00. The standard InChI is InChI=1S/C14H20ClNO2S/c1-10(2)19-13-4-3-11(15)5-12(13)16-6-14(7-17)8-18-9-14/h3-5,10,16-17H,6-9H2,1-2H3. The maximum atomic E-state index is 9.43. The summed E-state index contributed by atoms with van der Waals surface area (Å²) in [4.78, 5) is 1.19. The summed E-state index contributed by atoms with van der Waals surface area (Å²) in [5.41, 5.74) is 0.896. The molecule has 106 valence electrons. The van der Waals surface area contributed by atoms with Gasteiger partial charge in [0.15, 0.2) is 0 Å². The molecule has 0 aliphatic carbocycles. The fraction of sp³-hybridized carbons (Fsp3) is 0.571. The lowest BCUT2D eigenvalue weighted by molar-refractivity contribution is -0.128. The number of aliphatic hydroxyl groups is 1. The van der Waals surface area contributed by atoms with Crippen LogP contribution in [0.15, 0.2) is 23.1 Å². The van der Waals surface area contributed by atoms with E-state index >= 15 is 0 Å². The third kappa shape index (κ3) is 3.78. The molecule has 0 aromatic heterocycles. The van der Waals surface area contributed by atoms with Crippen LogP contribution in [0.4, 0.5) is 5.69 Å². The molecule has 0 spiro atoms. The second-order valence-corrected chi connectivity index (χ2v) is 7.37. The van der Waals surface area contributed by atoms with Gasteiger partial charge in [-0.25, -0.2) is 0 Å². The van der Waals surface area contributed by atoms with Crippen molar-refractivity contribution >= 4 is 29.1 Å². The van der Waals surface area contributed by atoms with E-state index in [0.717, 1.165) is 10.7 Å². The molecule has 1 heterocycles. The Balaban J connectivity index is 2.07. The van der Waals surface area contributed by atoms with Crippen LogP contribution in [0.3, 0.4) is 0 Å². The highest BCUT2D eigenvalue weighted by atomic mass is 35.5. The predicted molar refractivity (Wildman–Crippen MR) is 81.3 cm³/mol. The predicted octanol–water partition coefficient (Wildman–Crippen LogP) is 3.26. The van der Waals surface area contributed by atoms with Gasteiger partial charge in [0.05, 0.1) is 25.2 Å². The highest BCUT2D eigenvalue weighted by Crippen LogP contribution is 2.34. The van der Waals surface area contributed by atoms with Crippen molar-refractivity contribution in [3.05, 3.63) is 23.2 Å². The van der Waals surface area contributed by atoms with Gasteiger partial charge in [0.2, 0.25) is 0 Å². The third-order valence-corrected chi connectivity index (χ3v) is 4.43. The van der Waals surface area contributed by atoms with Gasteiger partial charge in [0.25, 0.3) is 0 Å². The molecule has 0 atom stereocenters. The van der Waals surface area contributed by atoms with E-state index in [9.17, 15) is 5.11 Å². The molecule has 1 aliphatic heterocycles. The molecule has 1 aromatic carbocycles. The van der Waals surface area contributed by atoms with Crippen LogP contribution in [-0.4, -0.2) is 36.7 Å². The molecule has 1 aromatic rings. The second kappa shape index (κ2) is 6.35. The Morgan fingerprint density at radius 2 is 2.21 bits per heavy atom. The summed E-state index contributed by atoms with van der Waals surface area (Å²) >= 11 is 7.86. The quantitative estimate of drug-likeness (QED) is 0.791. The molecule has 1 fully saturated rings. The van der Waals surface area contributed by atoms with E-state index in [-0.39, 0.29) is 12.0 Å². The first-order chi connectivity index (χ1) is 9.04. The number of hydrogen-bond donors (Lipinski definition) is 2. The Hall–Kier alpha value is -0.420. The van der Waals surface area contributed by atoms with Crippen LogP contribution < -0.4 is 5.32 Å². The first-order valence-corrected chi connectivity index (χ1v) is 7.69. The van der Waals surface area contributed by atoms with Gasteiger partial charge in [0, 0.05) is 27.4 Å². The van der Waals surface area contributed by atoms with Crippen molar-refractivity contribution in [3.8, 4) is 0 Å². The maximum absolute atomic E-state index is 9.43. The average molecular weight is 302 g/mol. The van der Waals surface area contributed by atoms with Crippen molar-refractivity contribution in [2.45, 2.75) is 24.0 Å². The molecular formula is C14H20ClNO2S. The van der Waals surface area contributed by atoms with Gasteiger partial charge in [-0.2, -0.15) is 0 Å². The SMILES string of the molecule is CC(C)Sc1ccc(Cl)cc1NCC1(CO)COC1. The summed E-state index contributed by atoms with van der Waals surface area (Å²) in [6.07, 6.45) is 0. The number of hydrogen-bond acceptors (Lipinski definition) is 4. The van der Waals surface area contributed by atoms with Gasteiger partial charge >= 0.3 is 0 Å². The number of benzene rings is 1. The molecule has 3 nitrogen and oxygen atoms in total. The molecule has 0 radical (unpaired) electrons. The topological polar surface area (TPSA) is 41.5 Å². The first-order valence-electron chi connectivity index (χ1n) is 6.43. The molecular weight excluding hydrogens is 282 g/mol. The van der Waals surface area contributed by atoms with Gasteiger partial charge in [-0.15, -0.1) is 11.8 Å². The van der Waals surface area contributed by atoms with Crippen LogP contribution in [0.25, 0.3) is 0 Å². The van der Waals surface area contributed by atoms with E-state index in [1.54, 1.807) is 11.8 Å². The Morgan fingerprint density at radius 3 is 2.74 bits per heavy atom. The number of nitrogens with one attached hydrogen (secondary N) is 1. The molecule has 5 heteroatoms. The zero-order valence-corrected chi connectivity index (χ0v) is 12.9. The minimum Gasteiger partial charge on any atom is -0.396 e. The number of aliphatic hydroxyl groups excluding tert-OH is 1. The molecule has 1 aliphatic rings. The van der Waals surface area contributed by atoms with E-state index in [2.05, 4.69) is 19.2 Å². The van der Waals surface area contributed by atoms with Crippen molar-refractivity contribution in [1.29, 1.82) is 0 Å². The Labute approximate surface area is 123 Å². The minimum absolute atomic E-state index is 0.137. The van der Waals surface area contributed by atoms with E-state index < -0.39 is 0 Å². The summed E-state index contributed by atoms with van der Waals surface area (Å²) < 4.78 is 5.20. The lowest BCUT2D eigenvalue weighted by Crippen LogP contribution is -2.50. The van der Waals surface area contributed by atoms with Crippen molar-refractivity contribution in [3.63, 3.8) is 0 Å². The minimum atomic E-state index is -0.137. The van der Waals surface area contributed by atoms with Crippen molar-refractivity contribution < 1.29 is 9.84 Å². The monoisotopic (exact) mass is 301 g/mol. The highest BCUT2D eigenvalue weighted by Gasteiger charge is 2.37. The van der Waals surface area contributed by atoms with Gasteiger partial charge in [-0.05, 0) is 18.2 Å². The average Bonchev–Trinajstić information content (AvgIpc) is 2.31. The lowest BCUT2D eigenvalue weighted by Gasteiger charge is -2.40. The lowest BCUT2D eigenvalue weighted by atomic mass is 9.87. The second-order valence-electron chi connectivity index (χ2n) is 5.31. The fourth-order valence-electron chi connectivity index (χ4n) is 1.92. The largest absolute Gasteiger partial charge is 0.396 e. The van der Waals surface area contributed by atoms with Crippen LogP contribution >= 0.6 is 23.4 Å². The van der Waals surface area contributed by atoms with E-state index in [1.807, 2.05) is 18.2 Å². The van der Waals surface area contributed by atoms with Crippen LogP contribution in [0, 0.1) is 5.41 Å². The summed E-state index contributed by atoms with van der Waals surface area (Å²) in [6.45, 7) is 6.41. The van der Waals surface area contributed by atoms with E-state index in [1.165, 1.54) is 4.90 Å². The Morgan fingerprint density at radius 1 is 1.47 bits per heavy atom. The summed E-state index contributed by atoms with van der Waals surface area (Å²) in [6, 6.07) is 5.89. The van der Waals surface area contributed by atoms with Crippen LogP contribution in [0.5, 0.6) is 0 Å². The molecule has 2 rings (SSSR count). The van der Waals surface area contributed by atoms with Crippen LogP contribution in [-0.2, 0) is 4.74 Å². The molecule has 0 unspecified atom stereocenters. The molecule has 1 saturated heterocycles. The molecule has 0 bridgehead atoms. The normalized spacial score (nSPS) is 17.3. The van der Waals surface area contributed by atoms with Crippen LogP contribution in [0.2, 0.25) is 5.02 Å². The van der Waals surface area contributed by atoms with E-state index in [0.29, 0.717) is 25.0 Å². The summed E-state index contributed by atoms with van der Waals surface area (Å²) in [5, 5.41) is 14.1. The van der Waals surface area contributed by atoms with Crippen LogP contribution in [0.1, 0.15) is 13.8 Å². The molecule has 19 heavy (non-hydrogen) atoms. The Bertz CT molecular complexity index is 430. The summed E-state index contributed by atoms with van der Waals surface area (Å²) in [5.74, 6) is 0. The van der Waals surface area contributed by atoms with Gasteiger partial charge < -0.3 is 15.2 Å².